The van der Waals surface area contributed by atoms with Gasteiger partial charge in [-0.1, -0.05) is 26.7 Å². The van der Waals surface area contributed by atoms with Crippen molar-refractivity contribution in [2.75, 3.05) is 6.61 Å². The van der Waals surface area contributed by atoms with Crippen molar-refractivity contribution in [2.45, 2.75) is 39.2 Å². The molecule has 1 N–H and O–H groups in total. The molecule has 0 spiro atoms. The maximum Gasteiger partial charge on any atom is 0.340 e. The Balaban J connectivity index is 1.81. The van der Waals surface area contributed by atoms with E-state index in [9.17, 15) is 9.59 Å². The van der Waals surface area contributed by atoms with Crippen LogP contribution in [0, 0.1) is 11.8 Å². The number of nitrogens with zero attached hydrogens (tertiary/aromatic N) is 1. The monoisotopic (exact) mass is 368 g/mol. The number of carbonyl (C=O) groups excluding carboxylic acids is 2. The molecule has 0 radical (unpaired) electrons. The molecule has 0 aliphatic heterocycles. The normalized spacial score (nSPS) is 24.6. The number of hydrogen-bond donors (Lipinski definition) is 1. The highest BCUT2D eigenvalue weighted by Gasteiger charge is 2.28. The minimum absolute atomic E-state index is 0.169. The van der Waals surface area contributed by atoms with Crippen LogP contribution in [0.3, 0.4) is 0 Å². The molecule has 120 valence electrons. The van der Waals surface area contributed by atoms with Crippen LogP contribution < -0.4 is 5.32 Å². The van der Waals surface area contributed by atoms with Crippen LogP contribution in [0.5, 0.6) is 0 Å². The van der Waals surface area contributed by atoms with E-state index in [1.54, 1.807) is 12.3 Å². The Labute approximate surface area is 139 Å². The van der Waals surface area contributed by atoms with Gasteiger partial charge in [-0.25, -0.2) is 4.79 Å². The van der Waals surface area contributed by atoms with Gasteiger partial charge in [-0.2, -0.15) is 0 Å². The number of aromatic nitrogens is 1. The molecule has 1 saturated carbocycles. The first-order valence-electron chi connectivity index (χ1n) is 7.54. The number of hydrogen-bond acceptors (Lipinski definition) is 4. The van der Waals surface area contributed by atoms with E-state index in [4.69, 9.17) is 4.74 Å². The highest BCUT2D eigenvalue weighted by Crippen LogP contribution is 2.29. The predicted octanol–water partition coefficient (Wildman–Crippen LogP) is 2.94. The number of rotatable bonds is 4. The Morgan fingerprint density at radius 3 is 2.86 bits per heavy atom. The van der Waals surface area contributed by atoms with Gasteiger partial charge < -0.3 is 10.1 Å². The van der Waals surface area contributed by atoms with Gasteiger partial charge >= 0.3 is 5.97 Å². The molecule has 0 unspecified atom stereocenters. The van der Waals surface area contributed by atoms with Gasteiger partial charge in [0, 0.05) is 22.9 Å². The predicted molar refractivity (Wildman–Crippen MR) is 86.3 cm³/mol. The number of ether oxygens (including phenoxy) is 1. The lowest BCUT2D eigenvalue weighted by Crippen LogP contribution is -2.45. The standard InChI is InChI=1S/C16H21BrN2O3/c1-10-4-3-5-14(11(10)2)19-15(20)9-22-16(21)12-6-13(17)8-18-7-12/h6-8,10-11,14H,3-5,9H2,1-2H3,(H,19,20)/t10-,11-,14-/m1/s1. The van der Waals surface area contributed by atoms with Gasteiger partial charge in [0.15, 0.2) is 6.61 Å². The van der Waals surface area contributed by atoms with E-state index >= 15 is 0 Å². The third-order valence-electron chi connectivity index (χ3n) is 4.33. The molecular formula is C16H21BrN2O3. The molecule has 1 aromatic heterocycles. The van der Waals surface area contributed by atoms with Crippen molar-refractivity contribution >= 4 is 27.8 Å². The zero-order valence-corrected chi connectivity index (χ0v) is 14.4. The second-order valence-corrected chi connectivity index (χ2v) is 6.82. The number of halogens is 1. The Hall–Kier alpha value is -1.43. The number of esters is 1. The summed E-state index contributed by atoms with van der Waals surface area (Å²) >= 11 is 3.24. The van der Waals surface area contributed by atoms with Crippen LogP contribution in [0.25, 0.3) is 0 Å². The van der Waals surface area contributed by atoms with E-state index in [-0.39, 0.29) is 18.6 Å². The lowest BCUT2D eigenvalue weighted by atomic mass is 9.78. The minimum Gasteiger partial charge on any atom is -0.452 e. The van der Waals surface area contributed by atoms with Crippen molar-refractivity contribution in [3.05, 3.63) is 28.5 Å². The van der Waals surface area contributed by atoms with Crippen molar-refractivity contribution in [3.63, 3.8) is 0 Å². The first kappa shape index (κ1) is 16.9. The largest absolute Gasteiger partial charge is 0.452 e. The Kier molecular flexibility index (Phi) is 5.94. The van der Waals surface area contributed by atoms with Crippen molar-refractivity contribution in [1.29, 1.82) is 0 Å². The fraction of sp³-hybridized carbons (Fsp3) is 0.562. The molecule has 3 atom stereocenters. The summed E-state index contributed by atoms with van der Waals surface area (Å²) < 4.78 is 5.73. The van der Waals surface area contributed by atoms with Gasteiger partial charge in [0.2, 0.25) is 0 Å². The summed E-state index contributed by atoms with van der Waals surface area (Å²) in [6, 6.07) is 1.78. The lowest BCUT2D eigenvalue weighted by Gasteiger charge is -2.34. The van der Waals surface area contributed by atoms with Crippen LogP contribution in [0.2, 0.25) is 0 Å². The van der Waals surface area contributed by atoms with Gasteiger partial charge in [-0.15, -0.1) is 0 Å². The van der Waals surface area contributed by atoms with Gasteiger partial charge in [0.25, 0.3) is 5.91 Å². The second kappa shape index (κ2) is 7.72. The summed E-state index contributed by atoms with van der Waals surface area (Å²) in [5, 5.41) is 2.98. The molecule has 6 heteroatoms. The summed E-state index contributed by atoms with van der Waals surface area (Å²) in [6.07, 6.45) is 6.31. The fourth-order valence-electron chi connectivity index (χ4n) is 2.77. The summed E-state index contributed by atoms with van der Waals surface area (Å²) in [5.74, 6) is 0.258. The zero-order chi connectivity index (χ0) is 16.1. The third kappa shape index (κ3) is 4.53. The average Bonchev–Trinajstić information content (AvgIpc) is 2.49. The average molecular weight is 369 g/mol. The molecule has 1 heterocycles. The summed E-state index contributed by atoms with van der Waals surface area (Å²) in [5.41, 5.74) is 0.321. The molecule has 0 saturated heterocycles. The molecule has 0 bridgehead atoms. The molecule has 5 nitrogen and oxygen atoms in total. The molecule has 1 amide bonds. The Morgan fingerprint density at radius 1 is 1.36 bits per heavy atom. The molecule has 1 aliphatic carbocycles. The van der Waals surface area contributed by atoms with Gasteiger partial charge in [-0.05, 0) is 40.3 Å². The summed E-state index contributed by atoms with van der Waals surface area (Å²) in [7, 11) is 0. The van der Waals surface area contributed by atoms with Crippen molar-refractivity contribution in [1.82, 2.24) is 10.3 Å². The van der Waals surface area contributed by atoms with E-state index in [0.717, 1.165) is 12.8 Å². The second-order valence-electron chi connectivity index (χ2n) is 5.91. The molecule has 1 fully saturated rings. The van der Waals surface area contributed by atoms with E-state index in [0.29, 0.717) is 21.9 Å². The van der Waals surface area contributed by atoms with Gasteiger partial charge in [0.05, 0.1) is 5.56 Å². The number of nitrogens with one attached hydrogen (secondary N) is 1. The van der Waals surface area contributed by atoms with Crippen LogP contribution in [0.1, 0.15) is 43.5 Å². The van der Waals surface area contributed by atoms with Crippen LogP contribution in [0.4, 0.5) is 0 Å². The smallest absolute Gasteiger partial charge is 0.340 e. The Bertz CT molecular complexity index is 550. The van der Waals surface area contributed by atoms with Crippen molar-refractivity contribution in [3.8, 4) is 0 Å². The number of amides is 1. The fourth-order valence-corrected chi connectivity index (χ4v) is 3.14. The highest BCUT2D eigenvalue weighted by molar-refractivity contribution is 9.10. The first-order valence-corrected chi connectivity index (χ1v) is 8.33. The SMILES string of the molecule is C[C@@H]1[C@H](C)CCC[C@H]1NC(=O)COC(=O)c1cncc(Br)c1. The first-order chi connectivity index (χ1) is 10.5. The zero-order valence-electron chi connectivity index (χ0n) is 12.8. The summed E-state index contributed by atoms with van der Waals surface area (Å²) in [4.78, 5) is 27.7. The van der Waals surface area contributed by atoms with Gasteiger partial charge in [-0.3, -0.25) is 9.78 Å². The number of pyridine rings is 1. The maximum atomic E-state index is 12.0. The minimum atomic E-state index is -0.547. The molecule has 1 aliphatic rings. The molecule has 22 heavy (non-hydrogen) atoms. The maximum absolute atomic E-state index is 12.0. The molecule has 1 aromatic rings. The topological polar surface area (TPSA) is 68.3 Å². The summed E-state index contributed by atoms with van der Waals surface area (Å²) in [6.45, 7) is 4.11. The van der Waals surface area contributed by atoms with Crippen LogP contribution >= 0.6 is 15.9 Å². The van der Waals surface area contributed by atoms with Gasteiger partial charge in [0.1, 0.15) is 0 Å². The van der Waals surface area contributed by atoms with Crippen LogP contribution in [0.15, 0.2) is 22.9 Å². The van der Waals surface area contributed by atoms with Crippen molar-refractivity contribution < 1.29 is 14.3 Å². The molecule has 0 aromatic carbocycles. The Morgan fingerprint density at radius 2 is 2.14 bits per heavy atom. The highest BCUT2D eigenvalue weighted by atomic mass is 79.9. The number of carbonyl (C=O) groups is 2. The van der Waals surface area contributed by atoms with Crippen molar-refractivity contribution in [2.24, 2.45) is 11.8 Å². The van der Waals surface area contributed by atoms with E-state index in [1.807, 2.05) is 0 Å². The van der Waals surface area contributed by atoms with E-state index in [1.165, 1.54) is 12.6 Å². The quantitative estimate of drug-likeness (QED) is 0.829. The molecular weight excluding hydrogens is 348 g/mol. The van der Waals surface area contributed by atoms with Crippen LogP contribution in [-0.2, 0) is 9.53 Å². The third-order valence-corrected chi connectivity index (χ3v) is 4.76. The molecule has 2 rings (SSSR count). The van der Waals surface area contributed by atoms with E-state index in [2.05, 4.69) is 40.1 Å². The van der Waals surface area contributed by atoms with Crippen LogP contribution in [-0.4, -0.2) is 29.5 Å². The van der Waals surface area contributed by atoms with E-state index < -0.39 is 5.97 Å². The lowest BCUT2D eigenvalue weighted by molar-refractivity contribution is -0.125.